The average molecular weight is 328 g/mol. The maximum Gasteiger partial charge on any atom is 0.433 e. The zero-order valence-corrected chi connectivity index (χ0v) is 13.0. The van der Waals surface area contributed by atoms with Crippen molar-refractivity contribution in [1.82, 2.24) is 9.88 Å². The molecular weight excluding hydrogens is 313 g/mol. The third kappa shape index (κ3) is 3.65. The van der Waals surface area contributed by atoms with Crippen LogP contribution in [0, 0.1) is 6.92 Å². The number of carbonyl (C=O) groups is 1. The SMILES string of the molecule is CCN(Cc1cccs1)C(=O)c1ccc(C(F)(F)F)nc1C. The highest BCUT2D eigenvalue weighted by Gasteiger charge is 2.33. The first-order chi connectivity index (χ1) is 10.3. The van der Waals surface area contributed by atoms with Gasteiger partial charge in [-0.3, -0.25) is 4.79 Å². The first-order valence-electron chi connectivity index (χ1n) is 6.69. The predicted molar refractivity (Wildman–Crippen MR) is 78.7 cm³/mol. The molecule has 0 N–H and O–H groups in total. The maximum atomic E-state index is 12.6. The van der Waals surface area contributed by atoms with Crippen LogP contribution in [0.3, 0.4) is 0 Å². The summed E-state index contributed by atoms with van der Waals surface area (Å²) >= 11 is 1.53. The van der Waals surface area contributed by atoms with Crippen LogP contribution < -0.4 is 0 Å². The van der Waals surface area contributed by atoms with Crippen LogP contribution in [0.25, 0.3) is 0 Å². The molecule has 7 heteroatoms. The van der Waals surface area contributed by atoms with E-state index in [0.717, 1.165) is 10.9 Å². The molecule has 22 heavy (non-hydrogen) atoms. The number of thiophene rings is 1. The quantitative estimate of drug-likeness (QED) is 0.845. The number of pyridine rings is 1. The fraction of sp³-hybridized carbons (Fsp3) is 0.333. The van der Waals surface area contributed by atoms with Gasteiger partial charge in [0, 0.05) is 11.4 Å². The molecule has 0 aliphatic heterocycles. The minimum absolute atomic E-state index is 0.0875. The second-order valence-electron chi connectivity index (χ2n) is 4.73. The Hall–Kier alpha value is -1.89. The first-order valence-corrected chi connectivity index (χ1v) is 7.57. The third-order valence-corrected chi connectivity index (χ3v) is 4.06. The van der Waals surface area contributed by atoms with Gasteiger partial charge in [0.25, 0.3) is 5.91 Å². The van der Waals surface area contributed by atoms with E-state index < -0.39 is 11.9 Å². The monoisotopic (exact) mass is 328 g/mol. The van der Waals surface area contributed by atoms with E-state index in [4.69, 9.17) is 0 Å². The number of hydrogen-bond donors (Lipinski definition) is 0. The van der Waals surface area contributed by atoms with E-state index in [1.54, 1.807) is 4.90 Å². The van der Waals surface area contributed by atoms with E-state index in [1.165, 1.54) is 24.3 Å². The molecule has 2 rings (SSSR count). The highest BCUT2D eigenvalue weighted by atomic mass is 32.1. The molecule has 3 nitrogen and oxygen atoms in total. The number of nitrogens with zero attached hydrogens (tertiary/aromatic N) is 2. The van der Waals surface area contributed by atoms with Crippen molar-refractivity contribution in [2.75, 3.05) is 6.54 Å². The molecule has 2 heterocycles. The summed E-state index contributed by atoms with van der Waals surface area (Å²) in [5.41, 5.74) is -0.696. The molecule has 1 amide bonds. The molecule has 0 aliphatic rings. The van der Waals surface area contributed by atoms with Crippen LogP contribution in [0.5, 0.6) is 0 Å². The Morgan fingerprint density at radius 1 is 1.32 bits per heavy atom. The van der Waals surface area contributed by atoms with Crippen LogP contribution in [0.2, 0.25) is 0 Å². The van der Waals surface area contributed by atoms with Crippen molar-refractivity contribution in [1.29, 1.82) is 0 Å². The summed E-state index contributed by atoms with van der Waals surface area (Å²) in [5.74, 6) is -0.311. The summed E-state index contributed by atoms with van der Waals surface area (Å²) in [6.45, 7) is 4.16. The van der Waals surface area contributed by atoms with E-state index in [2.05, 4.69) is 4.98 Å². The molecular formula is C15H15F3N2OS. The lowest BCUT2D eigenvalue weighted by Gasteiger charge is -2.21. The average Bonchev–Trinajstić information content (AvgIpc) is 2.96. The van der Waals surface area contributed by atoms with E-state index >= 15 is 0 Å². The van der Waals surface area contributed by atoms with Gasteiger partial charge in [0.2, 0.25) is 0 Å². The topological polar surface area (TPSA) is 33.2 Å². The van der Waals surface area contributed by atoms with Crippen LogP contribution in [0.4, 0.5) is 13.2 Å². The highest BCUT2D eigenvalue weighted by Crippen LogP contribution is 2.28. The fourth-order valence-electron chi connectivity index (χ4n) is 2.03. The Balaban J connectivity index is 2.24. The number of alkyl halides is 3. The first kappa shape index (κ1) is 16.5. The molecule has 0 spiro atoms. The van der Waals surface area contributed by atoms with Gasteiger partial charge in [0.1, 0.15) is 5.69 Å². The third-order valence-electron chi connectivity index (χ3n) is 3.20. The molecule has 0 radical (unpaired) electrons. The van der Waals surface area contributed by atoms with E-state index in [-0.39, 0.29) is 17.2 Å². The molecule has 2 aromatic rings. The van der Waals surface area contributed by atoms with Crippen LogP contribution in [0.1, 0.15) is 33.5 Å². The number of rotatable bonds is 4. The molecule has 0 atom stereocenters. The predicted octanol–water partition coefficient (Wildman–Crippen LogP) is 4.13. The molecule has 0 saturated carbocycles. The van der Waals surface area contributed by atoms with E-state index in [1.807, 2.05) is 24.4 Å². The van der Waals surface area contributed by atoms with Crippen LogP contribution >= 0.6 is 11.3 Å². The van der Waals surface area contributed by atoms with Gasteiger partial charge < -0.3 is 4.90 Å². The van der Waals surface area contributed by atoms with E-state index in [0.29, 0.717) is 13.1 Å². The van der Waals surface area contributed by atoms with Crippen molar-refractivity contribution < 1.29 is 18.0 Å². The second kappa shape index (κ2) is 6.48. The summed E-state index contributed by atoms with van der Waals surface area (Å²) in [4.78, 5) is 18.6. The summed E-state index contributed by atoms with van der Waals surface area (Å²) in [6, 6.07) is 5.85. The number of aromatic nitrogens is 1. The normalized spacial score (nSPS) is 11.5. The van der Waals surface area contributed by atoms with Gasteiger partial charge in [-0.25, -0.2) is 4.98 Å². The molecule has 118 valence electrons. The lowest BCUT2D eigenvalue weighted by Crippen LogP contribution is -2.31. The molecule has 0 aromatic carbocycles. The Bertz CT molecular complexity index is 653. The molecule has 0 unspecified atom stereocenters. The Kier molecular flexibility index (Phi) is 4.85. The Labute approximate surface area is 130 Å². The highest BCUT2D eigenvalue weighted by molar-refractivity contribution is 7.09. The molecule has 2 aromatic heterocycles. The van der Waals surface area contributed by atoms with E-state index in [9.17, 15) is 18.0 Å². The van der Waals surface area contributed by atoms with Crippen molar-refractivity contribution in [2.24, 2.45) is 0 Å². The maximum absolute atomic E-state index is 12.6. The second-order valence-corrected chi connectivity index (χ2v) is 5.76. The standard InChI is InChI=1S/C15H15F3N2OS/c1-3-20(9-11-5-4-8-22-11)14(21)12-6-7-13(15(16,17)18)19-10(12)2/h4-8H,3,9H2,1-2H3. The van der Waals surface area contributed by atoms with Gasteiger partial charge in [0.15, 0.2) is 0 Å². The number of hydrogen-bond acceptors (Lipinski definition) is 3. The van der Waals surface area contributed by atoms with Gasteiger partial charge >= 0.3 is 6.18 Å². The minimum atomic E-state index is -4.51. The molecule has 0 fully saturated rings. The fourth-order valence-corrected chi connectivity index (χ4v) is 2.75. The van der Waals surface area contributed by atoms with Gasteiger partial charge in [-0.15, -0.1) is 11.3 Å². The molecule has 0 aliphatic carbocycles. The lowest BCUT2D eigenvalue weighted by atomic mass is 10.1. The number of aryl methyl sites for hydroxylation is 1. The summed E-state index contributed by atoms with van der Waals surface area (Å²) in [7, 11) is 0. The summed E-state index contributed by atoms with van der Waals surface area (Å²) in [5, 5.41) is 1.92. The van der Waals surface area contributed by atoms with Crippen molar-refractivity contribution >= 4 is 17.2 Å². The summed E-state index contributed by atoms with van der Waals surface area (Å²) in [6.07, 6.45) is -4.51. The number of amides is 1. The van der Waals surface area contributed by atoms with Crippen molar-refractivity contribution in [3.63, 3.8) is 0 Å². The number of halogens is 3. The largest absolute Gasteiger partial charge is 0.433 e. The summed E-state index contributed by atoms with van der Waals surface area (Å²) < 4.78 is 37.9. The van der Waals surface area contributed by atoms with Crippen LogP contribution in [-0.2, 0) is 12.7 Å². The molecule has 0 bridgehead atoms. The van der Waals surface area contributed by atoms with Crippen molar-refractivity contribution in [3.8, 4) is 0 Å². The van der Waals surface area contributed by atoms with Gasteiger partial charge in [0.05, 0.1) is 17.8 Å². The Morgan fingerprint density at radius 3 is 2.55 bits per heavy atom. The van der Waals surface area contributed by atoms with Crippen molar-refractivity contribution in [2.45, 2.75) is 26.6 Å². The van der Waals surface area contributed by atoms with Crippen LogP contribution in [0.15, 0.2) is 29.6 Å². The lowest BCUT2D eigenvalue weighted by molar-refractivity contribution is -0.141. The minimum Gasteiger partial charge on any atom is -0.334 e. The Morgan fingerprint density at radius 2 is 2.05 bits per heavy atom. The zero-order chi connectivity index (χ0) is 16.3. The van der Waals surface area contributed by atoms with Gasteiger partial charge in [-0.05, 0) is 37.4 Å². The van der Waals surface area contributed by atoms with Crippen molar-refractivity contribution in [3.05, 3.63) is 51.5 Å². The van der Waals surface area contributed by atoms with Gasteiger partial charge in [-0.1, -0.05) is 6.07 Å². The zero-order valence-electron chi connectivity index (χ0n) is 12.1. The van der Waals surface area contributed by atoms with Crippen LogP contribution in [-0.4, -0.2) is 22.3 Å². The number of carbonyl (C=O) groups excluding carboxylic acids is 1. The van der Waals surface area contributed by atoms with Gasteiger partial charge in [-0.2, -0.15) is 13.2 Å². The molecule has 0 saturated heterocycles. The smallest absolute Gasteiger partial charge is 0.334 e.